The first-order valence-corrected chi connectivity index (χ1v) is 6.75. The first kappa shape index (κ1) is 14.3. The first-order valence-electron chi connectivity index (χ1n) is 6.75. The van der Waals surface area contributed by atoms with Crippen LogP contribution < -0.4 is 4.74 Å². The van der Waals surface area contributed by atoms with E-state index in [1.165, 1.54) is 5.56 Å². The average Bonchev–Trinajstić information content (AvgIpc) is 2.42. The van der Waals surface area contributed by atoms with Gasteiger partial charge in [0.25, 0.3) is 0 Å². The molecule has 0 aliphatic heterocycles. The third kappa shape index (κ3) is 3.08. The predicted octanol–water partition coefficient (Wildman–Crippen LogP) is 4.05. The van der Waals surface area contributed by atoms with Crippen molar-refractivity contribution in [3.63, 3.8) is 0 Å². The molecule has 0 saturated heterocycles. The van der Waals surface area contributed by atoms with E-state index in [4.69, 9.17) is 4.74 Å². The fourth-order valence-electron chi connectivity index (χ4n) is 2.29. The minimum Gasteiger partial charge on any atom is -0.496 e. The minimum absolute atomic E-state index is 0.0931. The first-order chi connectivity index (χ1) is 9.51. The summed E-state index contributed by atoms with van der Waals surface area (Å²) < 4.78 is 5.32. The molecule has 0 aliphatic rings. The molecule has 2 heteroatoms. The van der Waals surface area contributed by atoms with Crippen molar-refractivity contribution in [2.75, 3.05) is 7.11 Å². The molecule has 104 valence electrons. The van der Waals surface area contributed by atoms with Crippen molar-refractivity contribution in [3.05, 3.63) is 64.2 Å². The van der Waals surface area contributed by atoms with Crippen LogP contribution in [0.25, 0.3) is 0 Å². The second-order valence-electron chi connectivity index (χ2n) is 5.23. The normalized spacial score (nSPS) is 10.4. The van der Waals surface area contributed by atoms with E-state index in [1.54, 1.807) is 7.11 Å². The van der Waals surface area contributed by atoms with Gasteiger partial charge in [-0.05, 0) is 49.6 Å². The molecule has 0 atom stereocenters. The number of carbonyl (C=O) groups is 1. The number of Topliss-reactive ketones (excluding diaryl/α,β-unsaturated/α-hetero) is 1. The Bertz CT molecular complexity index is 642. The summed E-state index contributed by atoms with van der Waals surface area (Å²) in [6.45, 7) is 6.07. The van der Waals surface area contributed by atoms with Gasteiger partial charge in [0.2, 0.25) is 0 Å². The lowest BCUT2D eigenvalue weighted by Gasteiger charge is -2.10. The molecule has 0 radical (unpaired) electrons. The number of ether oxygens (including phenoxy) is 1. The molecule has 0 unspecified atom stereocenters. The summed E-state index contributed by atoms with van der Waals surface area (Å²) in [6, 6.07) is 11.9. The van der Waals surface area contributed by atoms with E-state index < -0.39 is 0 Å². The van der Waals surface area contributed by atoms with Gasteiger partial charge in [-0.25, -0.2) is 0 Å². The molecule has 0 aliphatic carbocycles. The number of methoxy groups -OCH3 is 1. The van der Waals surface area contributed by atoms with Gasteiger partial charge in [0.1, 0.15) is 5.75 Å². The highest BCUT2D eigenvalue weighted by atomic mass is 16.5. The van der Waals surface area contributed by atoms with Crippen LogP contribution in [0, 0.1) is 20.8 Å². The van der Waals surface area contributed by atoms with Crippen molar-refractivity contribution in [2.24, 2.45) is 0 Å². The number of benzene rings is 2. The van der Waals surface area contributed by atoms with Crippen LogP contribution in [0.5, 0.6) is 5.75 Å². The topological polar surface area (TPSA) is 26.3 Å². The van der Waals surface area contributed by atoms with Crippen LogP contribution in [0.2, 0.25) is 0 Å². The lowest BCUT2D eigenvalue weighted by molar-refractivity contribution is 0.0990. The molecule has 0 fully saturated rings. The summed E-state index contributed by atoms with van der Waals surface area (Å²) in [7, 11) is 1.60. The molecule has 0 saturated carbocycles. The maximum atomic E-state index is 12.5. The number of carbonyl (C=O) groups excluding carboxylic acids is 1. The molecular formula is C18H20O2. The number of ketones is 1. The quantitative estimate of drug-likeness (QED) is 0.782. The Morgan fingerprint density at radius 3 is 2.35 bits per heavy atom. The molecule has 0 spiro atoms. The highest BCUT2D eigenvalue weighted by Crippen LogP contribution is 2.22. The van der Waals surface area contributed by atoms with E-state index in [2.05, 4.69) is 18.2 Å². The molecule has 2 aromatic rings. The third-order valence-electron chi connectivity index (χ3n) is 3.51. The second-order valence-corrected chi connectivity index (χ2v) is 5.23. The van der Waals surface area contributed by atoms with Gasteiger partial charge in [-0.15, -0.1) is 0 Å². The lowest BCUT2D eigenvalue weighted by atomic mass is 9.97. The summed E-state index contributed by atoms with van der Waals surface area (Å²) in [5, 5.41) is 0. The summed E-state index contributed by atoms with van der Waals surface area (Å²) in [4.78, 5) is 12.5. The van der Waals surface area contributed by atoms with Crippen molar-refractivity contribution < 1.29 is 9.53 Å². The van der Waals surface area contributed by atoms with Gasteiger partial charge >= 0.3 is 0 Å². The number of hydrogen-bond acceptors (Lipinski definition) is 2. The van der Waals surface area contributed by atoms with Crippen molar-refractivity contribution >= 4 is 5.78 Å². The number of rotatable bonds is 4. The smallest absolute Gasteiger partial charge is 0.170 e. The van der Waals surface area contributed by atoms with E-state index in [0.29, 0.717) is 17.7 Å². The van der Waals surface area contributed by atoms with Gasteiger partial charge in [-0.1, -0.05) is 29.8 Å². The van der Waals surface area contributed by atoms with E-state index in [-0.39, 0.29) is 5.78 Å². The Morgan fingerprint density at radius 1 is 1.00 bits per heavy atom. The molecule has 0 N–H and O–H groups in total. The van der Waals surface area contributed by atoms with Crippen LogP contribution in [0.4, 0.5) is 0 Å². The number of aryl methyl sites for hydroxylation is 3. The van der Waals surface area contributed by atoms with Crippen molar-refractivity contribution in [2.45, 2.75) is 27.2 Å². The van der Waals surface area contributed by atoms with E-state index in [0.717, 1.165) is 16.7 Å². The van der Waals surface area contributed by atoms with Crippen LogP contribution in [-0.2, 0) is 6.42 Å². The van der Waals surface area contributed by atoms with Crippen molar-refractivity contribution in [1.29, 1.82) is 0 Å². The minimum atomic E-state index is 0.0931. The van der Waals surface area contributed by atoms with Crippen LogP contribution >= 0.6 is 0 Å². The Labute approximate surface area is 120 Å². The highest BCUT2D eigenvalue weighted by Gasteiger charge is 2.14. The largest absolute Gasteiger partial charge is 0.496 e. The summed E-state index contributed by atoms with van der Waals surface area (Å²) in [5.41, 5.74) is 5.14. The lowest BCUT2D eigenvalue weighted by Crippen LogP contribution is -2.07. The molecule has 0 bridgehead atoms. The molecule has 2 nitrogen and oxygen atoms in total. The second kappa shape index (κ2) is 5.91. The van der Waals surface area contributed by atoms with E-state index in [1.807, 2.05) is 39.0 Å². The Balaban J connectivity index is 2.30. The zero-order valence-corrected chi connectivity index (χ0v) is 12.5. The summed E-state index contributed by atoms with van der Waals surface area (Å²) >= 11 is 0. The van der Waals surface area contributed by atoms with Gasteiger partial charge in [0, 0.05) is 6.42 Å². The molecule has 0 heterocycles. The van der Waals surface area contributed by atoms with Gasteiger partial charge in [-0.3, -0.25) is 4.79 Å². The third-order valence-corrected chi connectivity index (χ3v) is 3.51. The maximum absolute atomic E-state index is 12.5. The van der Waals surface area contributed by atoms with Gasteiger partial charge < -0.3 is 4.74 Å². The predicted molar refractivity (Wildman–Crippen MR) is 81.7 cm³/mol. The highest BCUT2D eigenvalue weighted by molar-refractivity contribution is 6.00. The summed E-state index contributed by atoms with van der Waals surface area (Å²) in [5.74, 6) is 0.746. The molecule has 2 aromatic carbocycles. The summed E-state index contributed by atoms with van der Waals surface area (Å²) in [6.07, 6.45) is 0.410. The molecular weight excluding hydrogens is 248 g/mol. The van der Waals surface area contributed by atoms with Crippen molar-refractivity contribution in [1.82, 2.24) is 0 Å². The van der Waals surface area contributed by atoms with Gasteiger partial charge in [-0.2, -0.15) is 0 Å². The monoisotopic (exact) mass is 268 g/mol. The SMILES string of the molecule is COc1cc(C)ccc1C(=O)Cc1cc(C)ccc1C. The zero-order valence-electron chi connectivity index (χ0n) is 12.5. The van der Waals surface area contributed by atoms with Crippen LogP contribution in [0.15, 0.2) is 36.4 Å². The van der Waals surface area contributed by atoms with Crippen LogP contribution in [0.3, 0.4) is 0 Å². The van der Waals surface area contributed by atoms with Gasteiger partial charge in [0.05, 0.1) is 12.7 Å². The van der Waals surface area contributed by atoms with E-state index >= 15 is 0 Å². The van der Waals surface area contributed by atoms with E-state index in [9.17, 15) is 4.79 Å². The Kier molecular flexibility index (Phi) is 4.23. The molecule has 2 rings (SSSR count). The fourth-order valence-corrected chi connectivity index (χ4v) is 2.29. The van der Waals surface area contributed by atoms with Crippen molar-refractivity contribution in [3.8, 4) is 5.75 Å². The fraction of sp³-hybridized carbons (Fsp3) is 0.278. The molecule has 0 amide bonds. The van der Waals surface area contributed by atoms with Crippen LogP contribution in [0.1, 0.15) is 32.6 Å². The Hall–Kier alpha value is -2.09. The zero-order chi connectivity index (χ0) is 14.7. The average molecular weight is 268 g/mol. The Morgan fingerprint density at radius 2 is 1.65 bits per heavy atom. The molecule has 20 heavy (non-hydrogen) atoms. The number of hydrogen-bond donors (Lipinski definition) is 0. The standard InChI is InChI=1S/C18H20O2/c1-12-5-7-14(3)15(9-12)11-17(19)16-8-6-13(2)10-18(16)20-4/h5-10H,11H2,1-4H3. The van der Waals surface area contributed by atoms with Crippen LogP contribution in [-0.4, -0.2) is 12.9 Å². The maximum Gasteiger partial charge on any atom is 0.170 e. The van der Waals surface area contributed by atoms with Gasteiger partial charge in [0.15, 0.2) is 5.78 Å². The molecule has 0 aromatic heterocycles.